The van der Waals surface area contributed by atoms with E-state index in [1.165, 1.54) is 0 Å². The zero-order chi connectivity index (χ0) is 16.3. The Kier molecular flexibility index (Phi) is 5.06. The van der Waals surface area contributed by atoms with E-state index in [1.807, 2.05) is 6.92 Å². The zero-order valence-corrected chi connectivity index (χ0v) is 13.5. The molecule has 2 aromatic carbocycles. The van der Waals surface area contributed by atoms with Crippen LogP contribution in [-0.4, -0.2) is 11.8 Å². The Morgan fingerprint density at radius 2 is 1.59 bits per heavy atom. The van der Waals surface area contributed by atoms with Crippen LogP contribution in [0.5, 0.6) is 0 Å². The summed E-state index contributed by atoms with van der Waals surface area (Å²) in [5.41, 5.74) is 2.54. The summed E-state index contributed by atoms with van der Waals surface area (Å²) in [4.78, 5) is 23.8. The van der Waals surface area contributed by atoms with E-state index in [-0.39, 0.29) is 0 Å². The van der Waals surface area contributed by atoms with E-state index < -0.39 is 11.8 Å². The highest BCUT2D eigenvalue weighted by Gasteiger charge is 2.15. The van der Waals surface area contributed by atoms with E-state index in [0.717, 1.165) is 5.56 Å². The molecule has 2 N–H and O–H groups in total. The van der Waals surface area contributed by atoms with Gasteiger partial charge >= 0.3 is 11.8 Å². The number of halogens is 2. The minimum Gasteiger partial charge on any atom is -0.318 e. The molecule has 0 bridgehead atoms. The van der Waals surface area contributed by atoms with Gasteiger partial charge in [-0.15, -0.1) is 0 Å². The molecule has 0 fully saturated rings. The third-order valence-electron chi connectivity index (χ3n) is 3.15. The van der Waals surface area contributed by atoms with Crippen LogP contribution in [0, 0.1) is 13.8 Å². The molecule has 0 saturated carbocycles. The summed E-state index contributed by atoms with van der Waals surface area (Å²) in [6.07, 6.45) is 0. The maximum absolute atomic E-state index is 11.9. The molecule has 0 unspecified atom stereocenters. The molecule has 4 nitrogen and oxygen atoms in total. The van der Waals surface area contributed by atoms with Gasteiger partial charge in [0.05, 0.1) is 0 Å². The second-order valence-corrected chi connectivity index (χ2v) is 5.60. The molecular formula is C16H14Cl2N2O2. The Balaban J connectivity index is 2.07. The lowest BCUT2D eigenvalue weighted by atomic mass is 10.2. The number of aryl methyl sites for hydroxylation is 1. The minimum atomic E-state index is -0.778. The van der Waals surface area contributed by atoms with Gasteiger partial charge in [-0.3, -0.25) is 9.59 Å². The van der Waals surface area contributed by atoms with E-state index in [9.17, 15) is 9.59 Å². The first-order valence-electron chi connectivity index (χ1n) is 6.52. The molecule has 2 amide bonds. The highest BCUT2D eigenvalue weighted by Crippen LogP contribution is 2.23. The Morgan fingerprint density at radius 1 is 0.909 bits per heavy atom. The summed E-state index contributed by atoms with van der Waals surface area (Å²) in [5, 5.41) is 6.06. The molecule has 0 heterocycles. The van der Waals surface area contributed by atoms with Gasteiger partial charge in [-0.25, -0.2) is 0 Å². The monoisotopic (exact) mass is 336 g/mol. The second-order valence-electron chi connectivity index (χ2n) is 4.78. The van der Waals surface area contributed by atoms with Crippen molar-refractivity contribution >= 4 is 46.4 Å². The zero-order valence-electron chi connectivity index (χ0n) is 12.0. The topological polar surface area (TPSA) is 58.2 Å². The maximum atomic E-state index is 11.9. The number of anilines is 2. The van der Waals surface area contributed by atoms with Gasteiger partial charge in [-0.1, -0.05) is 35.3 Å². The van der Waals surface area contributed by atoms with Gasteiger partial charge in [0, 0.05) is 21.4 Å². The first kappa shape index (κ1) is 16.3. The molecule has 2 rings (SSSR count). The normalized spacial score (nSPS) is 10.2. The van der Waals surface area contributed by atoms with Crippen LogP contribution in [0.1, 0.15) is 11.1 Å². The summed E-state index contributed by atoms with van der Waals surface area (Å²) < 4.78 is 0. The van der Waals surface area contributed by atoms with E-state index in [4.69, 9.17) is 23.2 Å². The summed E-state index contributed by atoms with van der Waals surface area (Å²) in [5.74, 6) is -1.55. The Labute approximate surface area is 138 Å². The van der Waals surface area contributed by atoms with Crippen LogP contribution >= 0.6 is 23.2 Å². The number of rotatable bonds is 2. The van der Waals surface area contributed by atoms with Crippen LogP contribution in [0.25, 0.3) is 0 Å². The molecule has 0 spiro atoms. The Morgan fingerprint density at radius 3 is 2.27 bits per heavy atom. The minimum absolute atomic E-state index is 0.457. The van der Waals surface area contributed by atoms with Crippen molar-refractivity contribution in [3.05, 3.63) is 57.6 Å². The number of amides is 2. The number of nitrogens with one attached hydrogen (secondary N) is 2. The SMILES string of the molecule is Cc1ccc(NC(=O)C(=O)Nc2cccc(Cl)c2C)cc1Cl. The lowest BCUT2D eigenvalue weighted by Crippen LogP contribution is -2.29. The molecule has 0 aromatic heterocycles. The number of benzene rings is 2. The lowest BCUT2D eigenvalue weighted by molar-refractivity contribution is -0.133. The van der Waals surface area contributed by atoms with Crippen LogP contribution in [-0.2, 0) is 9.59 Å². The molecule has 0 radical (unpaired) electrons. The molecule has 114 valence electrons. The largest absolute Gasteiger partial charge is 0.318 e. The van der Waals surface area contributed by atoms with E-state index in [0.29, 0.717) is 27.0 Å². The Bertz CT molecular complexity index is 745. The van der Waals surface area contributed by atoms with Crippen LogP contribution in [0.4, 0.5) is 11.4 Å². The average molecular weight is 337 g/mol. The first-order valence-corrected chi connectivity index (χ1v) is 7.27. The standard InChI is InChI=1S/C16H14Cl2N2O2/c1-9-6-7-11(8-13(9)18)19-15(21)16(22)20-14-5-3-4-12(17)10(14)2/h3-8H,1-2H3,(H,19,21)(H,20,22). The van der Waals surface area contributed by atoms with Crippen molar-refractivity contribution in [2.75, 3.05) is 10.6 Å². The molecule has 22 heavy (non-hydrogen) atoms. The van der Waals surface area contributed by atoms with Gasteiger partial charge in [0.1, 0.15) is 0 Å². The van der Waals surface area contributed by atoms with Crippen molar-refractivity contribution in [1.82, 2.24) is 0 Å². The Hall–Kier alpha value is -2.04. The highest BCUT2D eigenvalue weighted by molar-refractivity contribution is 6.44. The van der Waals surface area contributed by atoms with E-state index in [1.54, 1.807) is 43.3 Å². The molecule has 0 atom stereocenters. The summed E-state index contributed by atoms with van der Waals surface area (Å²) >= 11 is 12.0. The van der Waals surface area contributed by atoms with Crippen LogP contribution in [0.2, 0.25) is 10.0 Å². The summed E-state index contributed by atoms with van der Waals surface area (Å²) in [6.45, 7) is 3.61. The number of hydrogen-bond donors (Lipinski definition) is 2. The predicted molar refractivity (Wildman–Crippen MR) is 89.6 cm³/mol. The van der Waals surface area contributed by atoms with Crippen LogP contribution in [0.15, 0.2) is 36.4 Å². The highest BCUT2D eigenvalue weighted by atomic mass is 35.5. The number of hydrogen-bond acceptors (Lipinski definition) is 2. The van der Waals surface area contributed by atoms with Crippen molar-refractivity contribution in [2.45, 2.75) is 13.8 Å². The molecule has 2 aromatic rings. The van der Waals surface area contributed by atoms with Crippen molar-refractivity contribution in [3.8, 4) is 0 Å². The van der Waals surface area contributed by atoms with Gasteiger partial charge < -0.3 is 10.6 Å². The van der Waals surface area contributed by atoms with E-state index in [2.05, 4.69) is 10.6 Å². The third kappa shape index (κ3) is 3.78. The predicted octanol–water partition coefficient (Wildman–Crippen LogP) is 4.19. The molecule has 0 aliphatic rings. The lowest BCUT2D eigenvalue weighted by Gasteiger charge is -2.10. The second kappa shape index (κ2) is 6.81. The van der Waals surface area contributed by atoms with Gasteiger partial charge in [-0.05, 0) is 49.2 Å². The van der Waals surface area contributed by atoms with Crippen molar-refractivity contribution in [2.24, 2.45) is 0 Å². The quantitative estimate of drug-likeness (QED) is 0.808. The van der Waals surface area contributed by atoms with Crippen molar-refractivity contribution < 1.29 is 9.59 Å². The smallest absolute Gasteiger partial charge is 0.314 e. The van der Waals surface area contributed by atoms with Gasteiger partial charge in [-0.2, -0.15) is 0 Å². The molecular weight excluding hydrogens is 323 g/mol. The molecule has 6 heteroatoms. The van der Waals surface area contributed by atoms with Crippen LogP contribution < -0.4 is 10.6 Å². The number of carbonyl (C=O) groups excluding carboxylic acids is 2. The van der Waals surface area contributed by atoms with E-state index >= 15 is 0 Å². The van der Waals surface area contributed by atoms with Crippen LogP contribution in [0.3, 0.4) is 0 Å². The fourth-order valence-corrected chi connectivity index (χ4v) is 2.14. The third-order valence-corrected chi connectivity index (χ3v) is 3.97. The van der Waals surface area contributed by atoms with Gasteiger partial charge in [0.25, 0.3) is 0 Å². The van der Waals surface area contributed by atoms with Crippen molar-refractivity contribution in [3.63, 3.8) is 0 Å². The fraction of sp³-hybridized carbons (Fsp3) is 0.125. The summed E-state index contributed by atoms with van der Waals surface area (Å²) in [6, 6.07) is 10.1. The molecule has 0 aliphatic heterocycles. The molecule has 0 aliphatic carbocycles. The maximum Gasteiger partial charge on any atom is 0.314 e. The first-order chi connectivity index (χ1) is 10.4. The fourth-order valence-electron chi connectivity index (χ4n) is 1.78. The van der Waals surface area contributed by atoms with Gasteiger partial charge in [0.2, 0.25) is 0 Å². The van der Waals surface area contributed by atoms with Gasteiger partial charge in [0.15, 0.2) is 0 Å². The van der Waals surface area contributed by atoms with Crippen molar-refractivity contribution in [1.29, 1.82) is 0 Å². The number of carbonyl (C=O) groups is 2. The average Bonchev–Trinajstić information content (AvgIpc) is 2.47. The summed E-state index contributed by atoms with van der Waals surface area (Å²) in [7, 11) is 0. The molecule has 0 saturated heterocycles.